The van der Waals surface area contributed by atoms with Gasteiger partial charge in [0.15, 0.2) is 0 Å². The Balaban J connectivity index is 1.84. The predicted molar refractivity (Wildman–Crippen MR) is 146 cm³/mol. The zero-order valence-electron chi connectivity index (χ0n) is 23.4. The molecule has 0 fully saturated rings. The lowest BCUT2D eigenvalue weighted by Crippen LogP contribution is -2.37. The summed E-state index contributed by atoms with van der Waals surface area (Å²) < 4.78 is 26.4. The molecule has 0 radical (unpaired) electrons. The maximum Gasteiger partial charge on any atom is 0.337 e. The summed E-state index contributed by atoms with van der Waals surface area (Å²) >= 11 is 0. The molecule has 7 heteroatoms. The molecule has 2 aromatic carbocycles. The van der Waals surface area contributed by atoms with E-state index in [1.807, 2.05) is 39.1 Å². The van der Waals surface area contributed by atoms with Crippen LogP contribution >= 0.6 is 0 Å². The number of allylic oxidation sites excluding steroid dienone is 2. The van der Waals surface area contributed by atoms with Crippen LogP contribution in [0.5, 0.6) is 0 Å². The maximum absolute atomic E-state index is 15.1. The van der Waals surface area contributed by atoms with E-state index >= 15 is 4.39 Å². The second-order valence-electron chi connectivity index (χ2n) is 11.0. The predicted octanol–water partition coefficient (Wildman–Crippen LogP) is 5.71. The van der Waals surface area contributed by atoms with Crippen LogP contribution in [0.1, 0.15) is 58.6 Å². The summed E-state index contributed by atoms with van der Waals surface area (Å²) in [5.41, 5.74) is 2.49. The van der Waals surface area contributed by atoms with E-state index in [1.54, 1.807) is 45.9 Å². The van der Waals surface area contributed by atoms with Gasteiger partial charge in [-0.25, -0.2) is 14.0 Å². The minimum atomic E-state index is -0.958. The first-order valence-electron chi connectivity index (χ1n) is 12.9. The molecular formula is C31H39FN2O4. The number of ether oxygens (including phenoxy) is 2. The van der Waals surface area contributed by atoms with Crippen molar-refractivity contribution in [2.45, 2.75) is 60.1 Å². The Bertz CT molecular complexity index is 1220. The minimum absolute atomic E-state index is 0.153. The van der Waals surface area contributed by atoms with Crippen molar-refractivity contribution in [3.8, 4) is 0 Å². The topological polar surface area (TPSA) is 67.9 Å². The zero-order chi connectivity index (χ0) is 28.0. The van der Waals surface area contributed by atoms with Crippen molar-refractivity contribution >= 4 is 11.9 Å². The fourth-order valence-electron chi connectivity index (χ4n) is 4.90. The van der Waals surface area contributed by atoms with Crippen LogP contribution in [0.3, 0.4) is 0 Å². The number of hydrogen-bond acceptors (Lipinski definition) is 6. The molecule has 0 saturated heterocycles. The number of nitrogens with one attached hydrogen (secondary N) is 1. The van der Waals surface area contributed by atoms with E-state index in [2.05, 4.69) is 22.3 Å². The van der Waals surface area contributed by atoms with Crippen molar-refractivity contribution < 1.29 is 23.5 Å². The van der Waals surface area contributed by atoms with Crippen molar-refractivity contribution in [1.29, 1.82) is 0 Å². The molecule has 0 aromatic heterocycles. The normalized spacial score (nSPS) is 16.1. The first-order chi connectivity index (χ1) is 17.9. The minimum Gasteiger partial charge on any atom is -0.462 e. The molecule has 6 nitrogen and oxygen atoms in total. The van der Waals surface area contributed by atoms with Crippen LogP contribution in [0.15, 0.2) is 77.1 Å². The van der Waals surface area contributed by atoms with Gasteiger partial charge in [0.05, 0.1) is 29.8 Å². The van der Waals surface area contributed by atoms with Gasteiger partial charge in [-0.1, -0.05) is 62.4 Å². The van der Waals surface area contributed by atoms with Gasteiger partial charge in [-0.2, -0.15) is 0 Å². The van der Waals surface area contributed by atoms with Gasteiger partial charge in [0.25, 0.3) is 0 Å². The van der Waals surface area contributed by atoms with E-state index in [0.29, 0.717) is 17.9 Å². The number of esters is 2. The zero-order valence-corrected chi connectivity index (χ0v) is 23.4. The smallest absolute Gasteiger partial charge is 0.337 e. The van der Waals surface area contributed by atoms with Gasteiger partial charge in [-0.3, -0.25) is 0 Å². The average molecular weight is 523 g/mol. The highest BCUT2D eigenvalue weighted by molar-refractivity contribution is 6.00. The Morgan fingerprint density at radius 3 is 2.16 bits per heavy atom. The third-order valence-corrected chi connectivity index (χ3v) is 6.35. The quantitative estimate of drug-likeness (QED) is 0.403. The lowest BCUT2D eigenvalue weighted by Gasteiger charge is -2.33. The number of carbonyl (C=O) groups is 2. The molecule has 3 rings (SSSR count). The highest BCUT2D eigenvalue weighted by atomic mass is 19.1. The third kappa shape index (κ3) is 7.32. The summed E-state index contributed by atoms with van der Waals surface area (Å²) in [6.07, 6.45) is -0.375. The van der Waals surface area contributed by atoms with Crippen molar-refractivity contribution in [3.05, 3.63) is 94.1 Å². The van der Waals surface area contributed by atoms with Crippen molar-refractivity contribution in [1.82, 2.24) is 10.2 Å². The summed E-state index contributed by atoms with van der Waals surface area (Å²) in [5.74, 6) is -2.66. The molecule has 0 aliphatic carbocycles. The number of halogens is 1. The SMILES string of the molecule is CC1=C(C(=O)OCC(C)(C)CN(C)Cc2ccccc2)C(c2ccccc2F)C(C(=O)OC(C)C)=C(C)N1. The lowest BCUT2D eigenvalue weighted by molar-refractivity contribution is -0.143. The molecule has 0 amide bonds. The molecule has 1 N–H and O–H groups in total. The van der Waals surface area contributed by atoms with E-state index in [-0.39, 0.29) is 34.8 Å². The Morgan fingerprint density at radius 2 is 1.55 bits per heavy atom. The summed E-state index contributed by atoms with van der Waals surface area (Å²) in [4.78, 5) is 28.9. The van der Waals surface area contributed by atoms with Gasteiger partial charge in [0.2, 0.25) is 0 Å². The Labute approximate surface area is 225 Å². The first-order valence-corrected chi connectivity index (χ1v) is 12.9. The summed E-state index contributed by atoms with van der Waals surface area (Å²) in [7, 11) is 2.03. The van der Waals surface area contributed by atoms with E-state index in [1.165, 1.54) is 11.6 Å². The summed E-state index contributed by atoms with van der Waals surface area (Å²) in [6, 6.07) is 16.3. The average Bonchev–Trinajstić information content (AvgIpc) is 2.82. The molecule has 1 heterocycles. The molecule has 2 aromatic rings. The second-order valence-corrected chi connectivity index (χ2v) is 11.0. The van der Waals surface area contributed by atoms with Gasteiger partial charge < -0.3 is 19.7 Å². The molecule has 1 atom stereocenters. The monoisotopic (exact) mass is 522 g/mol. The molecular weight excluding hydrogens is 483 g/mol. The first kappa shape index (κ1) is 29.1. The van der Waals surface area contributed by atoms with Gasteiger partial charge in [0, 0.05) is 35.5 Å². The number of nitrogens with zero attached hydrogens (tertiary/aromatic N) is 1. The van der Waals surface area contributed by atoms with E-state index in [9.17, 15) is 9.59 Å². The van der Waals surface area contributed by atoms with Crippen LogP contribution < -0.4 is 5.32 Å². The van der Waals surface area contributed by atoms with Gasteiger partial charge in [-0.05, 0) is 46.4 Å². The van der Waals surface area contributed by atoms with Crippen LogP contribution in [0.2, 0.25) is 0 Å². The van der Waals surface area contributed by atoms with Crippen LogP contribution in [0.4, 0.5) is 4.39 Å². The summed E-state index contributed by atoms with van der Waals surface area (Å²) in [5, 5.41) is 3.12. The number of benzene rings is 2. The molecule has 0 bridgehead atoms. The molecule has 0 saturated carbocycles. The number of dihydropyridines is 1. The third-order valence-electron chi connectivity index (χ3n) is 6.35. The maximum atomic E-state index is 15.1. The van der Waals surface area contributed by atoms with Gasteiger partial charge in [0.1, 0.15) is 5.82 Å². The fourth-order valence-corrected chi connectivity index (χ4v) is 4.90. The standard InChI is InChI=1S/C31H39FN2O4/c1-20(2)38-30(36)27-22(4)33-21(3)26(28(27)24-15-11-12-16-25(24)32)29(35)37-19-31(5,6)18-34(7)17-23-13-9-8-10-14-23/h8-16,20,28,33H,17-19H2,1-7H3. The lowest BCUT2D eigenvalue weighted by atomic mass is 9.80. The van der Waals surface area contributed by atoms with E-state index in [4.69, 9.17) is 9.47 Å². The van der Waals surface area contributed by atoms with Crippen molar-refractivity contribution in [2.75, 3.05) is 20.2 Å². The van der Waals surface area contributed by atoms with E-state index < -0.39 is 23.7 Å². The highest BCUT2D eigenvalue weighted by Gasteiger charge is 2.40. The number of rotatable bonds is 10. The number of hydrogen-bond donors (Lipinski definition) is 1. The number of carbonyl (C=O) groups excluding carboxylic acids is 2. The second kappa shape index (κ2) is 12.4. The Kier molecular flexibility index (Phi) is 9.50. The van der Waals surface area contributed by atoms with Gasteiger partial charge >= 0.3 is 11.9 Å². The molecule has 0 spiro atoms. The molecule has 1 aliphatic heterocycles. The van der Waals surface area contributed by atoms with Gasteiger partial charge in [-0.15, -0.1) is 0 Å². The van der Waals surface area contributed by atoms with Crippen LogP contribution in [0, 0.1) is 11.2 Å². The van der Waals surface area contributed by atoms with Crippen LogP contribution in [0.25, 0.3) is 0 Å². The Morgan fingerprint density at radius 1 is 0.974 bits per heavy atom. The van der Waals surface area contributed by atoms with Crippen LogP contribution in [-0.2, 0) is 25.6 Å². The largest absolute Gasteiger partial charge is 0.462 e. The molecule has 204 valence electrons. The van der Waals surface area contributed by atoms with Crippen molar-refractivity contribution in [2.24, 2.45) is 5.41 Å². The molecule has 1 aliphatic rings. The Hall–Kier alpha value is -3.45. The highest BCUT2D eigenvalue weighted by Crippen LogP contribution is 2.40. The fraction of sp³-hybridized carbons (Fsp3) is 0.419. The molecule has 38 heavy (non-hydrogen) atoms. The summed E-state index contributed by atoms with van der Waals surface area (Å²) in [6.45, 7) is 12.6. The van der Waals surface area contributed by atoms with Crippen LogP contribution in [-0.4, -0.2) is 43.1 Å². The molecule has 1 unspecified atom stereocenters. The van der Waals surface area contributed by atoms with E-state index in [0.717, 1.165) is 6.54 Å². The van der Waals surface area contributed by atoms with Crippen molar-refractivity contribution in [3.63, 3.8) is 0 Å².